The molecule has 2 aromatic heterocycles. The zero-order chi connectivity index (χ0) is 32.9. The van der Waals surface area contributed by atoms with Gasteiger partial charge in [-0.2, -0.15) is 0 Å². The Morgan fingerprint density at radius 2 is 1.77 bits per heavy atom. The number of nitrogens with zero attached hydrogens (tertiary/aromatic N) is 3. The first kappa shape index (κ1) is 34.0. The molecule has 2 aliphatic heterocycles. The van der Waals surface area contributed by atoms with Gasteiger partial charge in [0.15, 0.2) is 5.75 Å². The number of ether oxygens (including phenoxy) is 3. The van der Waals surface area contributed by atoms with Crippen LogP contribution in [-0.4, -0.2) is 78.9 Å². The van der Waals surface area contributed by atoms with Crippen LogP contribution in [0.5, 0.6) is 11.6 Å². The molecular weight excluding hydrogens is 661 g/mol. The average Bonchev–Trinajstić information content (AvgIpc) is 3.90. The van der Waals surface area contributed by atoms with Gasteiger partial charge in [0.2, 0.25) is 5.88 Å². The number of carbonyl (C=O) groups is 1. The molecule has 1 saturated carbocycles. The number of halogens is 3. The summed E-state index contributed by atoms with van der Waals surface area (Å²) in [5, 5.41) is 8.69. The lowest BCUT2D eigenvalue weighted by atomic mass is 9.84. The maximum absolute atomic E-state index is 14.5. The summed E-state index contributed by atoms with van der Waals surface area (Å²) in [6.45, 7) is 5.08. The molecule has 4 heterocycles. The van der Waals surface area contributed by atoms with Crippen molar-refractivity contribution in [3.8, 4) is 11.6 Å². The van der Waals surface area contributed by atoms with Crippen LogP contribution in [0.3, 0.4) is 0 Å². The maximum Gasteiger partial charge on any atom is 0.252 e. The van der Waals surface area contributed by atoms with E-state index in [0.717, 1.165) is 72.2 Å². The third-order valence-electron chi connectivity index (χ3n) is 8.70. The molecule has 0 radical (unpaired) electrons. The summed E-state index contributed by atoms with van der Waals surface area (Å²) in [5.41, 5.74) is 5.57. The zero-order valence-corrected chi connectivity index (χ0v) is 28.9. The van der Waals surface area contributed by atoms with Crippen LogP contribution >= 0.6 is 34.8 Å². The number of benzene rings is 1. The van der Waals surface area contributed by atoms with E-state index in [9.17, 15) is 4.79 Å². The molecule has 2 fully saturated rings. The summed E-state index contributed by atoms with van der Waals surface area (Å²) in [6.07, 6.45) is 7.85. The van der Waals surface area contributed by atoms with Crippen LogP contribution in [0.15, 0.2) is 48.3 Å². The smallest absolute Gasteiger partial charge is 0.252 e. The van der Waals surface area contributed by atoms with Gasteiger partial charge in [0.05, 0.1) is 21.1 Å². The van der Waals surface area contributed by atoms with Crippen molar-refractivity contribution in [1.29, 1.82) is 0 Å². The van der Waals surface area contributed by atoms with Crippen molar-refractivity contribution in [2.75, 3.05) is 40.0 Å². The van der Waals surface area contributed by atoms with Gasteiger partial charge in [0, 0.05) is 75.2 Å². The van der Waals surface area contributed by atoms with Crippen LogP contribution in [0.2, 0.25) is 15.1 Å². The van der Waals surface area contributed by atoms with Gasteiger partial charge in [-0.3, -0.25) is 9.78 Å². The molecule has 0 unspecified atom stereocenters. The molecule has 9 nitrogen and oxygen atoms in total. The molecule has 1 amide bonds. The van der Waals surface area contributed by atoms with E-state index in [4.69, 9.17) is 49.0 Å². The largest absolute Gasteiger partial charge is 0.487 e. The van der Waals surface area contributed by atoms with Crippen molar-refractivity contribution in [2.45, 2.75) is 63.7 Å². The van der Waals surface area contributed by atoms with Crippen molar-refractivity contribution in [2.24, 2.45) is 0 Å². The third kappa shape index (κ3) is 8.39. The zero-order valence-electron chi connectivity index (χ0n) is 26.7. The highest BCUT2D eigenvalue weighted by atomic mass is 35.5. The lowest BCUT2D eigenvalue weighted by molar-refractivity contribution is -0.128. The predicted octanol–water partition coefficient (Wildman–Crippen LogP) is 6.06. The van der Waals surface area contributed by atoms with Crippen LogP contribution in [0.4, 0.5) is 0 Å². The fraction of sp³-hybridized carbons (Fsp3) is 0.457. The fourth-order valence-electron chi connectivity index (χ4n) is 6.27. The minimum absolute atomic E-state index is 0.0434. The first-order chi connectivity index (χ1) is 22.8. The van der Waals surface area contributed by atoms with Gasteiger partial charge in [-0.05, 0) is 85.6 Å². The molecule has 250 valence electrons. The molecule has 1 saturated heterocycles. The van der Waals surface area contributed by atoms with Gasteiger partial charge in [-0.25, -0.2) is 4.98 Å². The van der Waals surface area contributed by atoms with Crippen molar-refractivity contribution >= 4 is 46.3 Å². The number of methoxy groups -OCH3 is 1. The number of aryl methyl sites for hydroxylation is 2. The second-order valence-electron chi connectivity index (χ2n) is 12.3. The van der Waals surface area contributed by atoms with Gasteiger partial charge in [-0.1, -0.05) is 34.8 Å². The molecule has 3 aliphatic rings. The Morgan fingerprint density at radius 3 is 2.49 bits per heavy atom. The molecular formula is C35H40Cl3N5O4. The standard InChI is InChI=1S/C35H40Cl3N5O4/c1-21-12-28(36)34(29(37)13-21)47-11-10-46-32-8-5-22(16-41-32)27-15-25-17-39-19-31(42-25)33(27)35(44)43(26-6-7-26)20-23-14-24(4-3-9-45-2)40-18-30(23)38/h5,8,12-14,16,18,25-26,31,39,42H,3-4,6-7,9-11,15,17,19-20H2,1-2H3/t25-,31+/m0/s1. The molecule has 3 aromatic rings. The molecule has 47 heavy (non-hydrogen) atoms. The fourth-order valence-corrected chi connectivity index (χ4v) is 7.14. The maximum atomic E-state index is 14.5. The molecule has 6 rings (SSSR count). The van der Waals surface area contributed by atoms with E-state index in [1.54, 1.807) is 19.5 Å². The number of nitrogens with one attached hydrogen (secondary N) is 2. The van der Waals surface area contributed by atoms with Crippen molar-refractivity contribution < 1.29 is 19.0 Å². The van der Waals surface area contributed by atoms with Crippen LogP contribution in [0, 0.1) is 6.92 Å². The van der Waals surface area contributed by atoms with Crippen molar-refractivity contribution in [1.82, 2.24) is 25.5 Å². The molecule has 12 heteroatoms. The van der Waals surface area contributed by atoms with Crippen LogP contribution in [-0.2, 0) is 22.5 Å². The number of aromatic nitrogens is 2. The van der Waals surface area contributed by atoms with Gasteiger partial charge < -0.3 is 29.7 Å². The summed E-state index contributed by atoms with van der Waals surface area (Å²) in [6, 6.07) is 9.79. The number of carbonyl (C=O) groups excluding carboxylic acids is 1. The number of hydrogen-bond acceptors (Lipinski definition) is 8. The van der Waals surface area contributed by atoms with Crippen molar-refractivity contribution in [3.63, 3.8) is 0 Å². The lowest BCUT2D eigenvalue weighted by Gasteiger charge is -2.40. The van der Waals surface area contributed by atoms with E-state index >= 15 is 0 Å². The minimum atomic E-state index is -0.0998. The second kappa shape index (κ2) is 15.5. The summed E-state index contributed by atoms with van der Waals surface area (Å²) >= 11 is 19.2. The third-order valence-corrected chi connectivity index (χ3v) is 9.60. The molecule has 2 bridgehead atoms. The highest BCUT2D eigenvalue weighted by Crippen LogP contribution is 2.37. The minimum Gasteiger partial charge on any atom is -0.487 e. The Kier molecular flexibility index (Phi) is 11.2. The van der Waals surface area contributed by atoms with Crippen LogP contribution in [0.25, 0.3) is 5.57 Å². The lowest BCUT2D eigenvalue weighted by Crippen LogP contribution is -2.60. The Hall–Kier alpha value is -2.92. The van der Waals surface area contributed by atoms with Gasteiger partial charge in [0.1, 0.15) is 13.2 Å². The van der Waals surface area contributed by atoms with Gasteiger partial charge in [-0.15, -0.1) is 0 Å². The molecule has 2 N–H and O–H groups in total. The van der Waals surface area contributed by atoms with Crippen molar-refractivity contribution in [3.05, 3.63) is 85.8 Å². The van der Waals surface area contributed by atoms with Crippen LogP contribution in [0.1, 0.15) is 48.1 Å². The summed E-state index contributed by atoms with van der Waals surface area (Å²) in [4.78, 5) is 25.6. The highest BCUT2D eigenvalue weighted by molar-refractivity contribution is 6.37. The first-order valence-corrected chi connectivity index (χ1v) is 17.2. The number of fused-ring (bicyclic) bond motifs is 2. The summed E-state index contributed by atoms with van der Waals surface area (Å²) < 4.78 is 16.8. The number of rotatable bonds is 14. The number of amides is 1. The molecule has 1 aliphatic carbocycles. The van der Waals surface area contributed by atoms with E-state index in [1.807, 2.05) is 42.2 Å². The second-order valence-corrected chi connectivity index (χ2v) is 13.6. The van der Waals surface area contributed by atoms with E-state index in [2.05, 4.69) is 20.6 Å². The molecule has 0 spiro atoms. The highest BCUT2D eigenvalue weighted by Gasteiger charge is 2.41. The SMILES string of the molecule is COCCCc1cc(CN(C(=O)C2=C(c3ccc(OCCOc4c(Cl)cc(C)cc4Cl)nc3)C[C@H]3CNC[C@H]2N3)C2CC2)c(Cl)cn1. The topological polar surface area (TPSA) is 97.8 Å². The Morgan fingerprint density at radius 1 is 0.979 bits per heavy atom. The summed E-state index contributed by atoms with van der Waals surface area (Å²) in [5.74, 6) is 0.952. The quantitative estimate of drug-likeness (QED) is 0.196. The molecule has 1 aromatic carbocycles. The van der Waals surface area contributed by atoms with E-state index in [-0.39, 0.29) is 37.2 Å². The molecule has 2 atom stereocenters. The Balaban J connectivity index is 1.18. The Bertz CT molecular complexity index is 1590. The number of hydrogen-bond donors (Lipinski definition) is 2. The first-order valence-electron chi connectivity index (χ1n) is 16.1. The van der Waals surface area contributed by atoms with Gasteiger partial charge in [0.25, 0.3) is 5.91 Å². The monoisotopic (exact) mass is 699 g/mol. The average molecular weight is 701 g/mol. The van der Waals surface area contributed by atoms with E-state index in [0.29, 0.717) is 46.4 Å². The van der Waals surface area contributed by atoms with E-state index < -0.39 is 0 Å². The van der Waals surface area contributed by atoms with Gasteiger partial charge >= 0.3 is 0 Å². The summed E-state index contributed by atoms with van der Waals surface area (Å²) in [7, 11) is 1.70. The number of piperazine rings is 1. The van der Waals surface area contributed by atoms with Crippen LogP contribution < -0.4 is 20.1 Å². The van der Waals surface area contributed by atoms with E-state index in [1.165, 1.54) is 0 Å². The number of pyridine rings is 2. The predicted molar refractivity (Wildman–Crippen MR) is 185 cm³/mol. The Labute approximate surface area is 290 Å². The normalized spacial score (nSPS) is 19.1.